The van der Waals surface area contributed by atoms with Gasteiger partial charge < -0.3 is 9.47 Å². The number of hydrogen-bond donors (Lipinski definition) is 1. The van der Waals surface area contributed by atoms with E-state index in [0.29, 0.717) is 10.6 Å². The molecule has 126 valence electrons. The van der Waals surface area contributed by atoms with Crippen molar-refractivity contribution in [1.29, 1.82) is 0 Å². The number of nitrogens with one attached hydrogen (secondary N) is 1. The molecule has 0 aliphatic rings. The number of H-pyrrole nitrogens is 1. The molecule has 0 amide bonds. The third-order valence-electron chi connectivity index (χ3n) is 3.16. The number of ether oxygens (including phenoxy) is 2. The van der Waals surface area contributed by atoms with Gasteiger partial charge >= 0.3 is 11.9 Å². The second-order valence-corrected chi connectivity index (χ2v) is 5.06. The zero-order valence-electron chi connectivity index (χ0n) is 13.2. The van der Waals surface area contributed by atoms with E-state index in [4.69, 9.17) is 21.1 Å². The van der Waals surface area contributed by atoms with E-state index in [1.807, 2.05) is 0 Å². The first-order valence-corrected chi connectivity index (χ1v) is 7.53. The number of benzene rings is 1. The summed E-state index contributed by atoms with van der Waals surface area (Å²) in [6.07, 6.45) is 2.66. The van der Waals surface area contributed by atoms with Gasteiger partial charge in [0.25, 0.3) is 0 Å². The number of carbonyl (C=O) groups excluding carboxylic acids is 2. The summed E-state index contributed by atoms with van der Waals surface area (Å²) in [5.74, 6) is -1.70. The second-order valence-electron chi connectivity index (χ2n) is 4.65. The van der Waals surface area contributed by atoms with Crippen LogP contribution in [-0.2, 0) is 14.3 Å². The predicted molar refractivity (Wildman–Crippen MR) is 88.9 cm³/mol. The molecule has 24 heavy (non-hydrogen) atoms. The van der Waals surface area contributed by atoms with Gasteiger partial charge in [-0.05, 0) is 18.6 Å². The van der Waals surface area contributed by atoms with E-state index >= 15 is 0 Å². The Morgan fingerprint density at radius 2 is 2.17 bits per heavy atom. The summed E-state index contributed by atoms with van der Waals surface area (Å²) in [7, 11) is 1.28. The van der Waals surface area contributed by atoms with Crippen LogP contribution in [0.4, 0.5) is 5.82 Å². The van der Waals surface area contributed by atoms with Crippen LogP contribution in [0.15, 0.2) is 35.5 Å². The average Bonchev–Trinajstić information content (AvgIpc) is 3.05. The van der Waals surface area contributed by atoms with Crippen LogP contribution >= 0.6 is 11.6 Å². The standard InChI is InChI=1S/C16H16ClN3O4/c1-3-24-16(22)12-9-19-20-14(12)18-8-11(15(21)23-2)10-6-4-5-7-13(10)17/h4-9,11H,3H2,1-2H3,(H,19,20). The molecule has 0 saturated carbocycles. The van der Waals surface area contributed by atoms with Crippen LogP contribution in [0.3, 0.4) is 0 Å². The molecule has 1 N–H and O–H groups in total. The van der Waals surface area contributed by atoms with E-state index in [9.17, 15) is 9.59 Å². The van der Waals surface area contributed by atoms with Crippen LogP contribution in [0.25, 0.3) is 0 Å². The van der Waals surface area contributed by atoms with E-state index in [1.165, 1.54) is 19.5 Å². The number of halogens is 1. The molecule has 2 aromatic rings. The lowest BCUT2D eigenvalue weighted by Crippen LogP contribution is -2.16. The van der Waals surface area contributed by atoms with Gasteiger partial charge in [0, 0.05) is 11.2 Å². The van der Waals surface area contributed by atoms with E-state index in [1.54, 1.807) is 31.2 Å². The summed E-state index contributed by atoms with van der Waals surface area (Å²) in [4.78, 5) is 28.0. The molecule has 1 aromatic carbocycles. The molecule has 0 aliphatic heterocycles. The van der Waals surface area contributed by atoms with Crippen LogP contribution in [0, 0.1) is 0 Å². The highest BCUT2D eigenvalue weighted by Gasteiger charge is 2.22. The molecule has 0 spiro atoms. The van der Waals surface area contributed by atoms with Crippen molar-refractivity contribution in [3.63, 3.8) is 0 Å². The molecule has 2 rings (SSSR count). The second kappa shape index (κ2) is 8.26. The van der Waals surface area contributed by atoms with Crippen molar-refractivity contribution >= 4 is 35.6 Å². The summed E-state index contributed by atoms with van der Waals surface area (Å²) in [6, 6.07) is 6.88. The number of methoxy groups -OCH3 is 1. The first-order valence-electron chi connectivity index (χ1n) is 7.15. The molecule has 0 aliphatic carbocycles. The quantitative estimate of drug-likeness (QED) is 0.639. The lowest BCUT2D eigenvalue weighted by molar-refractivity contribution is -0.140. The topological polar surface area (TPSA) is 93.6 Å². The molecule has 0 radical (unpaired) electrons. The molecular formula is C16H16ClN3O4. The van der Waals surface area contributed by atoms with Gasteiger partial charge in [-0.2, -0.15) is 5.10 Å². The maximum Gasteiger partial charge on any atom is 0.343 e. The van der Waals surface area contributed by atoms with Crippen LogP contribution in [0.1, 0.15) is 28.8 Å². The highest BCUT2D eigenvalue weighted by molar-refractivity contribution is 6.32. The lowest BCUT2D eigenvalue weighted by atomic mass is 10.0. The predicted octanol–water partition coefficient (Wildman–Crippen LogP) is 2.90. The van der Waals surface area contributed by atoms with Crippen molar-refractivity contribution in [3.8, 4) is 0 Å². The fraction of sp³-hybridized carbons (Fsp3) is 0.250. The van der Waals surface area contributed by atoms with Crippen LogP contribution in [-0.4, -0.2) is 42.1 Å². The molecule has 7 nitrogen and oxygen atoms in total. The maximum atomic E-state index is 12.1. The van der Waals surface area contributed by atoms with Crippen LogP contribution in [0.5, 0.6) is 0 Å². The third-order valence-corrected chi connectivity index (χ3v) is 3.51. The number of nitrogens with zero attached hydrogens (tertiary/aromatic N) is 2. The van der Waals surface area contributed by atoms with Crippen molar-refractivity contribution in [3.05, 3.63) is 46.6 Å². The summed E-state index contributed by atoms with van der Waals surface area (Å²) in [6.45, 7) is 1.93. The Balaban J connectivity index is 2.33. The van der Waals surface area contributed by atoms with Gasteiger partial charge in [0.05, 0.1) is 19.9 Å². The Bertz CT molecular complexity index is 757. The fourth-order valence-corrected chi connectivity index (χ4v) is 2.26. The van der Waals surface area contributed by atoms with Crippen molar-refractivity contribution < 1.29 is 19.1 Å². The fourth-order valence-electron chi connectivity index (χ4n) is 2.01. The molecular weight excluding hydrogens is 334 g/mol. The number of esters is 2. The molecule has 1 heterocycles. The largest absolute Gasteiger partial charge is 0.468 e. The first kappa shape index (κ1) is 17.7. The molecule has 8 heteroatoms. The Labute approximate surface area is 143 Å². The van der Waals surface area contributed by atoms with E-state index in [-0.39, 0.29) is 18.0 Å². The minimum absolute atomic E-state index is 0.177. The number of aromatic nitrogens is 2. The van der Waals surface area contributed by atoms with Crippen molar-refractivity contribution in [1.82, 2.24) is 10.2 Å². The Morgan fingerprint density at radius 1 is 1.42 bits per heavy atom. The van der Waals surface area contributed by atoms with Gasteiger partial charge in [0.2, 0.25) is 0 Å². The van der Waals surface area contributed by atoms with Crippen molar-refractivity contribution in [2.75, 3.05) is 13.7 Å². The Morgan fingerprint density at radius 3 is 2.83 bits per heavy atom. The zero-order chi connectivity index (χ0) is 17.5. The number of aromatic amines is 1. The summed E-state index contributed by atoms with van der Waals surface area (Å²) < 4.78 is 9.72. The average molecular weight is 350 g/mol. The molecule has 1 aromatic heterocycles. The normalized spacial score (nSPS) is 12.1. The third kappa shape index (κ3) is 3.99. The molecule has 0 saturated heterocycles. The number of rotatable bonds is 6. The van der Waals surface area contributed by atoms with Gasteiger partial charge in [-0.15, -0.1) is 0 Å². The SMILES string of the molecule is CCOC(=O)c1cn[nH]c1N=CC(C(=O)OC)c1ccccc1Cl. The van der Waals surface area contributed by atoms with Crippen molar-refractivity contribution in [2.45, 2.75) is 12.8 Å². The smallest absolute Gasteiger partial charge is 0.343 e. The van der Waals surface area contributed by atoms with E-state index in [0.717, 1.165) is 0 Å². The van der Waals surface area contributed by atoms with Gasteiger partial charge in [-0.3, -0.25) is 9.89 Å². The summed E-state index contributed by atoms with van der Waals surface area (Å²) >= 11 is 6.14. The number of carbonyl (C=O) groups is 2. The monoisotopic (exact) mass is 349 g/mol. The highest BCUT2D eigenvalue weighted by atomic mass is 35.5. The number of hydrogen-bond acceptors (Lipinski definition) is 6. The highest BCUT2D eigenvalue weighted by Crippen LogP contribution is 2.25. The molecule has 0 fully saturated rings. The van der Waals surface area contributed by atoms with Gasteiger partial charge in [0.15, 0.2) is 5.82 Å². The minimum atomic E-state index is -0.818. The van der Waals surface area contributed by atoms with Gasteiger partial charge in [-0.1, -0.05) is 29.8 Å². The van der Waals surface area contributed by atoms with Gasteiger partial charge in [-0.25, -0.2) is 9.79 Å². The van der Waals surface area contributed by atoms with E-state index in [2.05, 4.69) is 15.2 Å². The van der Waals surface area contributed by atoms with Crippen LogP contribution in [0.2, 0.25) is 5.02 Å². The number of aliphatic imine (C=N–C) groups is 1. The maximum absolute atomic E-state index is 12.1. The van der Waals surface area contributed by atoms with Crippen molar-refractivity contribution in [2.24, 2.45) is 4.99 Å². The zero-order valence-corrected chi connectivity index (χ0v) is 13.9. The Hall–Kier alpha value is -2.67. The molecule has 0 bridgehead atoms. The van der Waals surface area contributed by atoms with Crippen LogP contribution < -0.4 is 0 Å². The first-order chi connectivity index (χ1) is 11.6. The van der Waals surface area contributed by atoms with E-state index < -0.39 is 17.9 Å². The molecule has 1 atom stereocenters. The minimum Gasteiger partial charge on any atom is -0.468 e. The molecule has 1 unspecified atom stereocenters. The lowest BCUT2D eigenvalue weighted by Gasteiger charge is -2.11. The Kier molecular flexibility index (Phi) is 6.08. The summed E-state index contributed by atoms with van der Waals surface area (Å²) in [5.41, 5.74) is 0.725. The summed E-state index contributed by atoms with van der Waals surface area (Å²) in [5, 5.41) is 6.78. The van der Waals surface area contributed by atoms with Gasteiger partial charge in [0.1, 0.15) is 11.5 Å².